The van der Waals surface area contributed by atoms with E-state index in [1.54, 1.807) is 18.2 Å². The van der Waals surface area contributed by atoms with Crippen molar-refractivity contribution in [2.24, 2.45) is 0 Å². The summed E-state index contributed by atoms with van der Waals surface area (Å²) in [5.74, 6) is 1.28. The molecule has 0 aliphatic heterocycles. The molecule has 144 valence electrons. The van der Waals surface area contributed by atoms with Crippen LogP contribution in [0.4, 0.5) is 0 Å². The average molecular weight is 376 g/mol. The van der Waals surface area contributed by atoms with Gasteiger partial charge in [-0.2, -0.15) is 5.26 Å². The second-order valence-electron chi connectivity index (χ2n) is 6.72. The van der Waals surface area contributed by atoms with Crippen molar-refractivity contribution in [2.75, 3.05) is 20.3 Å². The minimum absolute atomic E-state index is 0.0434. The second kappa shape index (κ2) is 9.61. The molecule has 0 radical (unpaired) electrons. The molecule has 1 amide bonds. The summed E-state index contributed by atoms with van der Waals surface area (Å²) in [6, 6.07) is 15.7. The van der Waals surface area contributed by atoms with E-state index in [-0.39, 0.29) is 12.5 Å². The first-order chi connectivity index (χ1) is 13.7. The zero-order chi connectivity index (χ0) is 19.8. The fraction of sp³-hybridized carbons (Fsp3) is 0.304. The van der Waals surface area contributed by atoms with Gasteiger partial charge in [0.15, 0.2) is 18.1 Å². The molecular weight excluding hydrogens is 352 g/mol. The van der Waals surface area contributed by atoms with Gasteiger partial charge in [-0.25, -0.2) is 0 Å². The smallest absolute Gasteiger partial charge is 0.244 e. The molecular formula is C23H24N2O3. The summed E-state index contributed by atoms with van der Waals surface area (Å²) in [6.45, 7) is 0.600. The Morgan fingerprint density at radius 2 is 2.14 bits per heavy atom. The number of benzene rings is 2. The van der Waals surface area contributed by atoms with Gasteiger partial charge in [-0.15, -0.1) is 0 Å². The third-order valence-electron chi connectivity index (χ3n) is 4.92. The molecule has 0 saturated carbocycles. The number of carbonyl (C=O) groups is 1. The number of nitriles is 1. The Labute approximate surface area is 165 Å². The highest BCUT2D eigenvalue weighted by molar-refractivity contribution is 5.91. The minimum Gasteiger partial charge on any atom is -0.493 e. The quantitative estimate of drug-likeness (QED) is 0.745. The molecule has 1 N–H and O–H groups in total. The summed E-state index contributed by atoms with van der Waals surface area (Å²) in [6.07, 6.45) is 6.65. The summed E-state index contributed by atoms with van der Waals surface area (Å²) in [7, 11) is 1.54. The van der Waals surface area contributed by atoms with Crippen molar-refractivity contribution < 1.29 is 14.3 Å². The van der Waals surface area contributed by atoms with Crippen LogP contribution in [0.5, 0.6) is 11.5 Å². The van der Waals surface area contributed by atoms with Crippen LogP contribution in [-0.4, -0.2) is 26.2 Å². The van der Waals surface area contributed by atoms with Crippen LogP contribution >= 0.6 is 0 Å². The van der Waals surface area contributed by atoms with E-state index in [9.17, 15) is 4.79 Å². The van der Waals surface area contributed by atoms with Crippen molar-refractivity contribution in [3.05, 3.63) is 65.2 Å². The third kappa shape index (κ3) is 4.92. The molecule has 1 aliphatic rings. The summed E-state index contributed by atoms with van der Waals surface area (Å²) < 4.78 is 10.6. The average Bonchev–Trinajstić information content (AvgIpc) is 2.74. The molecule has 3 rings (SSSR count). The maximum Gasteiger partial charge on any atom is 0.244 e. The van der Waals surface area contributed by atoms with Crippen molar-refractivity contribution in [3.8, 4) is 17.6 Å². The molecule has 1 unspecified atom stereocenters. The van der Waals surface area contributed by atoms with Gasteiger partial charge in [-0.05, 0) is 54.2 Å². The lowest BCUT2D eigenvalue weighted by Gasteiger charge is -2.25. The van der Waals surface area contributed by atoms with Crippen LogP contribution in [0, 0.1) is 11.3 Å². The first-order valence-electron chi connectivity index (χ1n) is 9.42. The van der Waals surface area contributed by atoms with E-state index < -0.39 is 0 Å². The highest BCUT2D eigenvalue weighted by atomic mass is 16.5. The van der Waals surface area contributed by atoms with Crippen LogP contribution in [0.1, 0.15) is 35.4 Å². The number of ether oxygens (including phenoxy) is 2. The molecule has 0 saturated heterocycles. The Morgan fingerprint density at radius 1 is 1.29 bits per heavy atom. The third-order valence-corrected chi connectivity index (χ3v) is 4.92. The first kappa shape index (κ1) is 19.5. The Kier molecular flexibility index (Phi) is 6.69. The zero-order valence-electron chi connectivity index (χ0n) is 16.0. The Balaban J connectivity index is 1.58. The van der Waals surface area contributed by atoms with Gasteiger partial charge in [-0.1, -0.05) is 30.3 Å². The maximum absolute atomic E-state index is 12.2. The molecule has 0 fully saturated rings. The fourth-order valence-electron chi connectivity index (χ4n) is 3.54. The van der Waals surface area contributed by atoms with Gasteiger partial charge in [0, 0.05) is 18.5 Å². The van der Waals surface area contributed by atoms with E-state index in [0.717, 1.165) is 24.8 Å². The molecule has 0 bridgehead atoms. The van der Waals surface area contributed by atoms with Gasteiger partial charge in [0.25, 0.3) is 0 Å². The molecule has 0 aromatic heterocycles. The standard InChI is InChI=1S/C23H24N2O3/c1-27-22-15-17(9-11-21(22)28-14-13-24)10-12-23(26)25-16-19-7-4-6-18-5-2-3-8-20(18)19/h2-3,5,8-12,15,19H,4,6-7,14,16H2,1H3,(H,25,26)/b12-10+. The largest absolute Gasteiger partial charge is 0.493 e. The van der Waals surface area contributed by atoms with Gasteiger partial charge in [-0.3, -0.25) is 4.79 Å². The van der Waals surface area contributed by atoms with Crippen LogP contribution in [-0.2, 0) is 11.2 Å². The zero-order valence-corrected chi connectivity index (χ0v) is 16.0. The number of aryl methyl sites for hydroxylation is 1. The summed E-state index contributed by atoms with van der Waals surface area (Å²) in [5, 5.41) is 11.6. The highest BCUT2D eigenvalue weighted by Gasteiger charge is 2.19. The van der Waals surface area contributed by atoms with Crippen LogP contribution in [0.2, 0.25) is 0 Å². The predicted molar refractivity (Wildman–Crippen MR) is 108 cm³/mol. The van der Waals surface area contributed by atoms with Crippen molar-refractivity contribution >= 4 is 12.0 Å². The van der Waals surface area contributed by atoms with Crippen LogP contribution < -0.4 is 14.8 Å². The van der Waals surface area contributed by atoms with E-state index in [1.807, 2.05) is 12.1 Å². The lowest BCUT2D eigenvalue weighted by molar-refractivity contribution is -0.116. The molecule has 0 spiro atoms. The van der Waals surface area contributed by atoms with Gasteiger partial charge in [0.2, 0.25) is 5.91 Å². The van der Waals surface area contributed by atoms with E-state index >= 15 is 0 Å². The van der Waals surface area contributed by atoms with Crippen molar-refractivity contribution in [1.29, 1.82) is 5.26 Å². The van der Waals surface area contributed by atoms with Crippen molar-refractivity contribution in [3.63, 3.8) is 0 Å². The number of fused-ring (bicyclic) bond motifs is 1. The molecule has 1 atom stereocenters. The summed E-state index contributed by atoms with van der Waals surface area (Å²) in [4.78, 5) is 12.2. The lowest BCUT2D eigenvalue weighted by Crippen LogP contribution is -2.28. The molecule has 2 aromatic carbocycles. The molecule has 5 heteroatoms. The molecule has 5 nitrogen and oxygen atoms in total. The van der Waals surface area contributed by atoms with E-state index in [1.165, 1.54) is 24.3 Å². The summed E-state index contributed by atoms with van der Waals surface area (Å²) in [5.41, 5.74) is 3.57. The highest BCUT2D eigenvalue weighted by Crippen LogP contribution is 2.31. The maximum atomic E-state index is 12.2. The Bertz CT molecular complexity index is 899. The molecule has 2 aromatic rings. The number of rotatable bonds is 7. The van der Waals surface area contributed by atoms with Crippen LogP contribution in [0.3, 0.4) is 0 Å². The van der Waals surface area contributed by atoms with E-state index in [0.29, 0.717) is 24.0 Å². The Morgan fingerprint density at radius 3 is 2.96 bits per heavy atom. The van der Waals surface area contributed by atoms with Crippen LogP contribution in [0.25, 0.3) is 6.08 Å². The number of nitrogens with zero attached hydrogens (tertiary/aromatic N) is 1. The van der Waals surface area contributed by atoms with E-state index in [4.69, 9.17) is 14.7 Å². The lowest BCUT2D eigenvalue weighted by atomic mass is 9.83. The van der Waals surface area contributed by atoms with Gasteiger partial charge >= 0.3 is 0 Å². The van der Waals surface area contributed by atoms with Gasteiger partial charge in [0.05, 0.1) is 7.11 Å². The molecule has 0 heterocycles. The van der Waals surface area contributed by atoms with Gasteiger partial charge in [0.1, 0.15) is 6.07 Å². The normalized spacial score (nSPS) is 15.5. The summed E-state index contributed by atoms with van der Waals surface area (Å²) >= 11 is 0. The second-order valence-corrected chi connectivity index (χ2v) is 6.72. The predicted octanol–water partition coefficient (Wildman–Crippen LogP) is 3.85. The van der Waals surface area contributed by atoms with E-state index in [2.05, 4.69) is 29.6 Å². The number of hydrogen-bond acceptors (Lipinski definition) is 4. The first-order valence-corrected chi connectivity index (χ1v) is 9.42. The fourth-order valence-corrected chi connectivity index (χ4v) is 3.54. The number of carbonyl (C=O) groups excluding carboxylic acids is 1. The number of nitrogens with one attached hydrogen (secondary N) is 1. The van der Waals surface area contributed by atoms with Crippen LogP contribution in [0.15, 0.2) is 48.5 Å². The number of methoxy groups -OCH3 is 1. The van der Waals surface area contributed by atoms with Crippen molar-refractivity contribution in [1.82, 2.24) is 5.32 Å². The Hall–Kier alpha value is -3.26. The minimum atomic E-state index is -0.119. The molecule has 1 aliphatic carbocycles. The monoisotopic (exact) mass is 376 g/mol. The number of hydrogen-bond donors (Lipinski definition) is 1. The SMILES string of the molecule is COc1cc(/C=C/C(=O)NCC2CCCc3ccccc32)ccc1OCC#N. The topological polar surface area (TPSA) is 71.3 Å². The molecule has 28 heavy (non-hydrogen) atoms. The van der Waals surface area contributed by atoms with Crippen molar-refractivity contribution in [2.45, 2.75) is 25.2 Å². The van der Waals surface area contributed by atoms with Gasteiger partial charge < -0.3 is 14.8 Å². The number of amides is 1.